The number of carbonyl (C=O) groups excluding carboxylic acids is 1. The predicted molar refractivity (Wildman–Crippen MR) is 213 cm³/mol. The van der Waals surface area contributed by atoms with Gasteiger partial charge in [-0.15, -0.1) is 11.8 Å². The highest BCUT2D eigenvalue weighted by molar-refractivity contribution is 7.99. The number of ether oxygens (including phenoxy) is 4. The monoisotopic (exact) mass is 738 g/mol. The third-order valence-corrected chi connectivity index (χ3v) is 10.3. The van der Waals surface area contributed by atoms with Gasteiger partial charge in [0.25, 0.3) is 0 Å². The number of nitrogens with one attached hydrogen (secondary N) is 2. The summed E-state index contributed by atoms with van der Waals surface area (Å²) in [7, 11) is 1.69. The minimum atomic E-state index is -0.586. The molecule has 1 saturated heterocycles. The number of thioether (sulfide) groups is 1. The Morgan fingerprint density at radius 2 is 1.46 bits per heavy atom. The molecule has 6 aromatic carbocycles. The number of hydrogen-bond acceptors (Lipinski definition) is 7. The van der Waals surface area contributed by atoms with Crippen molar-refractivity contribution < 1.29 is 28.8 Å². The van der Waals surface area contributed by atoms with Crippen LogP contribution in [-0.4, -0.2) is 30.1 Å². The van der Waals surface area contributed by atoms with Crippen molar-refractivity contribution in [3.05, 3.63) is 174 Å². The number of rotatable bonds is 13. The van der Waals surface area contributed by atoms with E-state index < -0.39 is 6.29 Å². The molecule has 9 heteroatoms. The molecule has 1 aliphatic heterocycles. The average Bonchev–Trinajstić information content (AvgIpc) is 3.23. The number of anilines is 1. The van der Waals surface area contributed by atoms with Crippen LogP contribution in [-0.2, 0) is 22.6 Å². The Labute approximate surface area is 320 Å². The Morgan fingerprint density at radius 1 is 0.741 bits per heavy atom. The Hall–Kier alpha value is -5.58. The van der Waals surface area contributed by atoms with E-state index in [9.17, 15) is 9.90 Å². The molecule has 3 atom stereocenters. The fourth-order valence-corrected chi connectivity index (χ4v) is 7.31. The second-order valence-electron chi connectivity index (χ2n) is 12.9. The van der Waals surface area contributed by atoms with Crippen LogP contribution in [0.2, 0.25) is 0 Å². The van der Waals surface area contributed by atoms with Crippen LogP contribution in [0.3, 0.4) is 0 Å². The number of methoxy groups -OCH3 is 1. The fraction of sp³-hybridized carbons (Fsp3) is 0.178. The standard InChI is InChI=1S/C45H42N2O6S/c1-50-41-15-5-6-16-43(41)54-30-40-27-42(33-19-17-31(29-48)18-20-33)53-44(52-40)36-12-8-11-35(26-36)34-10-7-9-32(25-34)28-46-45(49)47-37-21-23-39(24-22-37)51-38-13-3-2-4-14-38/h2-26,40,42,44,48H,27-30H2,1H3,(H2,46,47,49)/t40-,42+,44+/m0/s1. The first kappa shape index (κ1) is 36.8. The molecule has 8 nitrogen and oxygen atoms in total. The van der Waals surface area contributed by atoms with Gasteiger partial charge in [0.2, 0.25) is 0 Å². The van der Waals surface area contributed by atoms with Crippen LogP contribution in [0.1, 0.15) is 41.1 Å². The molecule has 274 valence electrons. The SMILES string of the molecule is COc1ccccc1SC[C@@H]1C[C@H](c2ccc(CO)cc2)O[C@H](c2cccc(-c3cccc(CNC(=O)Nc4ccc(Oc5ccccc5)cc4)c3)c2)O1. The molecule has 0 bridgehead atoms. The first-order chi connectivity index (χ1) is 26.5. The molecular formula is C45H42N2O6S. The first-order valence-corrected chi connectivity index (χ1v) is 18.8. The fourth-order valence-electron chi connectivity index (χ4n) is 6.26. The molecule has 0 unspecified atom stereocenters. The van der Waals surface area contributed by atoms with Crippen LogP contribution in [0.15, 0.2) is 157 Å². The van der Waals surface area contributed by atoms with Gasteiger partial charge in [-0.25, -0.2) is 4.79 Å². The van der Waals surface area contributed by atoms with Crippen LogP contribution < -0.4 is 20.1 Å². The van der Waals surface area contributed by atoms with E-state index in [2.05, 4.69) is 41.0 Å². The highest BCUT2D eigenvalue weighted by Gasteiger charge is 2.32. The van der Waals surface area contributed by atoms with Crippen LogP contribution in [0, 0.1) is 0 Å². The molecule has 0 aliphatic carbocycles. The summed E-state index contributed by atoms with van der Waals surface area (Å²) in [6.07, 6.45) is -0.180. The number of urea groups is 1. The van der Waals surface area contributed by atoms with Gasteiger partial charge in [-0.1, -0.05) is 91.0 Å². The van der Waals surface area contributed by atoms with Gasteiger partial charge in [0, 0.05) is 34.9 Å². The zero-order chi connectivity index (χ0) is 37.1. The lowest BCUT2D eigenvalue weighted by molar-refractivity contribution is -0.245. The Bertz CT molecular complexity index is 2130. The first-order valence-electron chi connectivity index (χ1n) is 17.9. The van der Waals surface area contributed by atoms with Crippen molar-refractivity contribution in [3.63, 3.8) is 0 Å². The lowest BCUT2D eigenvalue weighted by atomic mass is 9.99. The Kier molecular flexibility index (Phi) is 12.2. The van der Waals surface area contributed by atoms with Crippen molar-refractivity contribution in [1.29, 1.82) is 0 Å². The van der Waals surface area contributed by atoms with Gasteiger partial charge < -0.3 is 34.7 Å². The lowest BCUT2D eigenvalue weighted by Crippen LogP contribution is -2.31. The summed E-state index contributed by atoms with van der Waals surface area (Å²) in [5.74, 6) is 3.00. The molecule has 3 N–H and O–H groups in total. The van der Waals surface area contributed by atoms with Crippen molar-refractivity contribution in [2.24, 2.45) is 0 Å². The molecule has 1 heterocycles. The molecule has 0 spiro atoms. The summed E-state index contributed by atoms with van der Waals surface area (Å²) < 4.78 is 24.7. The van der Waals surface area contributed by atoms with Gasteiger partial charge in [0.1, 0.15) is 17.2 Å². The second kappa shape index (κ2) is 18.0. The number of amides is 2. The summed E-state index contributed by atoms with van der Waals surface area (Å²) in [5, 5.41) is 15.4. The lowest BCUT2D eigenvalue weighted by Gasteiger charge is -2.36. The minimum Gasteiger partial charge on any atom is -0.496 e. The highest BCUT2D eigenvalue weighted by atomic mass is 32.2. The molecule has 0 aromatic heterocycles. The number of hydrogen-bond donors (Lipinski definition) is 3. The van der Waals surface area contributed by atoms with Crippen LogP contribution >= 0.6 is 11.8 Å². The topological polar surface area (TPSA) is 98.3 Å². The Balaban J connectivity index is 1.01. The van der Waals surface area contributed by atoms with Crippen LogP contribution in [0.4, 0.5) is 10.5 Å². The van der Waals surface area contributed by atoms with Gasteiger partial charge in [0.05, 0.1) is 25.9 Å². The second-order valence-corrected chi connectivity index (χ2v) is 13.9. The summed E-state index contributed by atoms with van der Waals surface area (Å²) in [4.78, 5) is 13.8. The molecule has 1 fully saturated rings. The summed E-state index contributed by atoms with van der Waals surface area (Å²) in [6, 6.07) is 48.8. The maximum atomic E-state index is 12.8. The largest absolute Gasteiger partial charge is 0.496 e. The Morgan fingerprint density at radius 3 is 2.24 bits per heavy atom. The highest BCUT2D eigenvalue weighted by Crippen LogP contribution is 2.41. The molecule has 0 radical (unpaired) electrons. The van der Waals surface area contributed by atoms with E-state index in [4.69, 9.17) is 18.9 Å². The van der Waals surface area contributed by atoms with Crippen molar-refractivity contribution in [1.82, 2.24) is 5.32 Å². The maximum Gasteiger partial charge on any atom is 0.319 e. The summed E-state index contributed by atoms with van der Waals surface area (Å²) in [5.41, 5.74) is 6.47. The molecule has 1 aliphatic rings. The third kappa shape index (κ3) is 9.69. The smallest absolute Gasteiger partial charge is 0.319 e. The van der Waals surface area contributed by atoms with Crippen molar-refractivity contribution in [3.8, 4) is 28.4 Å². The van der Waals surface area contributed by atoms with E-state index in [-0.39, 0.29) is 24.8 Å². The number of carbonyl (C=O) groups is 1. The van der Waals surface area contributed by atoms with Gasteiger partial charge in [-0.05, 0) is 88.5 Å². The number of para-hydroxylation sites is 2. The summed E-state index contributed by atoms with van der Waals surface area (Å²) in [6.45, 7) is 0.346. The van der Waals surface area contributed by atoms with E-state index >= 15 is 0 Å². The van der Waals surface area contributed by atoms with Gasteiger partial charge in [0.15, 0.2) is 6.29 Å². The predicted octanol–water partition coefficient (Wildman–Crippen LogP) is 10.3. The van der Waals surface area contributed by atoms with Gasteiger partial charge in [-0.2, -0.15) is 0 Å². The van der Waals surface area contributed by atoms with Crippen LogP contribution in [0.5, 0.6) is 17.2 Å². The maximum absolute atomic E-state index is 12.8. The minimum absolute atomic E-state index is 0.00650. The molecule has 7 rings (SSSR count). The molecule has 0 saturated carbocycles. The van der Waals surface area contributed by atoms with Crippen molar-refractivity contribution in [2.75, 3.05) is 18.2 Å². The zero-order valence-electron chi connectivity index (χ0n) is 29.9. The van der Waals surface area contributed by atoms with Crippen molar-refractivity contribution in [2.45, 2.75) is 43.0 Å². The molecule has 6 aromatic rings. The van der Waals surface area contributed by atoms with E-state index in [0.717, 1.165) is 55.5 Å². The number of aliphatic hydroxyl groups is 1. The number of benzene rings is 6. The quantitative estimate of drug-likeness (QED) is 0.102. The average molecular weight is 739 g/mol. The van der Waals surface area contributed by atoms with Crippen LogP contribution in [0.25, 0.3) is 11.1 Å². The van der Waals surface area contributed by atoms with E-state index in [1.165, 1.54) is 0 Å². The molecule has 2 amide bonds. The van der Waals surface area contributed by atoms with E-state index in [1.54, 1.807) is 18.9 Å². The molecule has 54 heavy (non-hydrogen) atoms. The third-order valence-electron chi connectivity index (χ3n) is 9.07. The zero-order valence-corrected chi connectivity index (χ0v) is 30.7. The normalized spacial score (nSPS) is 16.7. The molecular weight excluding hydrogens is 697 g/mol. The number of aliphatic hydroxyl groups excluding tert-OH is 1. The van der Waals surface area contributed by atoms with E-state index in [0.29, 0.717) is 24.4 Å². The summed E-state index contributed by atoms with van der Waals surface area (Å²) >= 11 is 1.71. The van der Waals surface area contributed by atoms with Crippen molar-refractivity contribution >= 4 is 23.5 Å². The van der Waals surface area contributed by atoms with E-state index in [1.807, 2.05) is 121 Å². The van der Waals surface area contributed by atoms with Gasteiger partial charge >= 0.3 is 6.03 Å². The van der Waals surface area contributed by atoms with Gasteiger partial charge in [-0.3, -0.25) is 0 Å².